The molecule has 2 rings (SSSR count). The zero-order valence-corrected chi connectivity index (χ0v) is 14.9. The molecule has 1 fully saturated rings. The van der Waals surface area contributed by atoms with E-state index >= 15 is 0 Å². The molecule has 0 bridgehead atoms. The van der Waals surface area contributed by atoms with Crippen molar-refractivity contribution in [2.24, 2.45) is 4.99 Å². The minimum Gasteiger partial charge on any atom is -0.492 e. The lowest BCUT2D eigenvalue weighted by atomic mass is 10.2. The average molecular weight is 334 g/mol. The summed E-state index contributed by atoms with van der Waals surface area (Å²) in [5, 5.41) is 6.48. The second-order valence-electron chi connectivity index (χ2n) is 5.64. The Labute approximate surface area is 145 Å². The highest BCUT2D eigenvalue weighted by Gasteiger charge is 2.10. The predicted molar refractivity (Wildman–Crippen MR) is 97.7 cm³/mol. The average Bonchev–Trinajstić information content (AvgIpc) is 2.62. The van der Waals surface area contributed by atoms with Crippen molar-refractivity contribution in [3.63, 3.8) is 0 Å². The first-order valence-corrected chi connectivity index (χ1v) is 8.86. The van der Waals surface area contributed by atoms with Gasteiger partial charge in [-0.1, -0.05) is 18.2 Å². The smallest absolute Gasteiger partial charge is 0.191 e. The van der Waals surface area contributed by atoms with Gasteiger partial charge in [-0.05, 0) is 19.9 Å². The second-order valence-corrected chi connectivity index (χ2v) is 5.64. The summed E-state index contributed by atoms with van der Waals surface area (Å²) in [5.41, 5.74) is 1.10. The standard InChI is InChI=1S/C18H30N4O2/c1-3-19-18(20-4-2)21-15-16-7-5-6-8-17(16)24-14-11-22-9-12-23-13-10-22/h5-8H,3-4,9-15H2,1-2H3,(H2,19,20,21). The lowest BCUT2D eigenvalue weighted by Gasteiger charge is -2.26. The molecule has 24 heavy (non-hydrogen) atoms. The number of hydrogen-bond donors (Lipinski definition) is 2. The maximum absolute atomic E-state index is 6.00. The highest BCUT2D eigenvalue weighted by Crippen LogP contribution is 2.18. The third-order valence-electron chi connectivity index (χ3n) is 3.84. The van der Waals surface area contributed by atoms with Gasteiger partial charge in [-0.15, -0.1) is 0 Å². The Bertz CT molecular complexity index is 494. The van der Waals surface area contributed by atoms with Crippen molar-refractivity contribution in [3.05, 3.63) is 29.8 Å². The van der Waals surface area contributed by atoms with Gasteiger partial charge in [0.2, 0.25) is 0 Å². The molecule has 1 aliphatic heterocycles. The first-order chi connectivity index (χ1) is 11.8. The number of nitrogens with zero attached hydrogens (tertiary/aromatic N) is 2. The fourth-order valence-corrected chi connectivity index (χ4v) is 2.56. The molecule has 6 heteroatoms. The van der Waals surface area contributed by atoms with Crippen LogP contribution >= 0.6 is 0 Å². The van der Waals surface area contributed by atoms with E-state index < -0.39 is 0 Å². The van der Waals surface area contributed by atoms with Crippen LogP contribution in [0.2, 0.25) is 0 Å². The van der Waals surface area contributed by atoms with Crippen LogP contribution in [0, 0.1) is 0 Å². The van der Waals surface area contributed by atoms with E-state index in [1.54, 1.807) is 0 Å². The molecule has 0 saturated carbocycles. The minimum absolute atomic E-state index is 0.600. The molecule has 1 saturated heterocycles. The van der Waals surface area contributed by atoms with Crippen molar-refractivity contribution in [2.75, 3.05) is 52.5 Å². The van der Waals surface area contributed by atoms with E-state index in [1.807, 2.05) is 18.2 Å². The highest BCUT2D eigenvalue weighted by molar-refractivity contribution is 5.79. The molecule has 6 nitrogen and oxygen atoms in total. The first-order valence-electron chi connectivity index (χ1n) is 8.86. The largest absolute Gasteiger partial charge is 0.492 e. The molecule has 0 unspecified atom stereocenters. The quantitative estimate of drug-likeness (QED) is 0.557. The van der Waals surface area contributed by atoms with Crippen molar-refractivity contribution in [2.45, 2.75) is 20.4 Å². The van der Waals surface area contributed by atoms with E-state index in [9.17, 15) is 0 Å². The van der Waals surface area contributed by atoms with Gasteiger partial charge >= 0.3 is 0 Å². The van der Waals surface area contributed by atoms with Crippen LogP contribution in [-0.2, 0) is 11.3 Å². The van der Waals surface area contributed by atoms with Gasteiger partial charge < -0.3 is 20.1 Å². The Kier molecular flexibility index (Phi) is 8.41. The molecule has 0 aliphatic carbocycles. The molecule has 2 N–H and O–H groups in total. The lowest BCUT2D eigenvalue weighted by Crippen LogP contribution is -2.38. The topological polar surface area (TPSA) is 58.1 Å². The third kappa shape index (κ3) is 6.37. The highest BCUT2D eigenvalue weighted by atomic mass is 16.5. The molecular weight excluding hydrogens is 304 g/mol. The van der Waals surface area contributed by atoms with E-state index in [2.05, 4.69) is 40.4 Å². The molecule has 1 aliphatic rings. The van der Waals surface area contributed by atoms with Crippen LogP contribution in [0.25, 0.3) is 0 Å². The summed E-state index contributed by atoms with van der Waals surface area (Å²) in [6, 6.07) is 8.13. The number of benzene rings is 1. The summed E-state index contributed by atoms with van der Waals surface area (Å²) in [7, 11) is 0. The summed E-state index contributed by atoms with van der Waals surface area (Å²) < 4.78 is 11.4. The summed E-state index contributed by atoms with van der Waals surface area (Å²) in [5.74, 6) is 1.75. The van der Waals surface area contributed by atoms with E-state index in [-0.39, 0.29) is 0 Å². The second kappa shape index (κ2) is 10.9. The monoisotopic (exact) mass is 334 g/mol. The van der Waals surface area contributed by atoms with Gasteiger partial charge in [-0.25, -0.2) is 4.99 Å². The molecule has 0 atom stereocenters. The summed E-state index contributed by atoms with van der Waals surface area (Å²) in [6.45, 7) is 11.7. The van der Waals surface area contributed by atoms with Crippen molar-refractivity contribution in [3.8, 4) is 5.75 Å². The van der Waals surface area contributed by atoms with E-state index in [1.165, 1.54) is 0 Å². The van der Waals surface area contributed by atoms with Crippen LogP contribution in [0.15, 0.2) is 29.3 Å². The molecule has 0 radical (unpaired) electrons. The van der Waals surface area contributed by atoms with Crippen LogP contribution in [0.3, 0.4) is 0 Å². The van der Waals surface area contributed by atoms with Gasteiger partial charge in [-0.3, -0.25) is 4.90 Å². The molecule has 1 aromatic rings. The molecule has 0 spiro atoms. The van der Waals surface area contributed by atoms with Gasteiger partial charge in [0.05, 0.1) is 19.8 Å². The Balaban J connectivity index is 1.87. The summed E-state index contributed by atoms with van der Waals surface area (Å²) in [6.07, 6.45) is 0. The zero-order chi connectivity index (χ0) is 17.0. The fraction of sp³-hybridized carbons (Fsp3) is 0.611. The van der Waals surface area contributed by atoms with Gasteiger partial charge in [0, 0.05) is 38.3 Å². The number of para-hydroxylation sites is 1. The number of morpholine rings is 1. The van der Waals surface area contributed by atoms with Crippen LogP contribution in [-0.4, -0.2) is 63.4 Å². The minimum atomic E-state index is 0.600. The van der Waals surface area contributed by atoms with Crippen LogP contribution in [0.4, 0.5) is 0 Å². The fourth-order valence-electron chi connectivity index (χ4n) is 2.56. The molecule has 134 valence electrons. The van der Waals surface area contributed by atoms with Crippen molar-refractivity contribution < 1.29 is 9.47 Å². The van der Waals surface area contributed by atoms with E-state index in [0.29, 0.717) is 13.2 Å². The van der Waals surface area contributed by atoms with Gasteiger partial charge in [0.15, 0.2) is 5.96 Å². The third-order valence-corrected chi connectivity index (χ3v) is 3.84. The molecule has 1 aromatic carbocycles. The number of rotatable bonds is 8. The van der Waals surface area contributed by atoms with Crippen LogP contribution in [0.5, 0.6) is 5.75 Å². The Morgan fingerprint density at radius 2 is 1.88 bits per heavy atom. The van der Waals surface area contributed by atoms with Gasteiger partial charge in [-0.2, -0.15) is 0 Å². The van der Waals surface area contributed by atoms with Crippen molar-refractivity contribution in [1.82, 2.24) is 15.5 Å². The van der Waals surface area contributed by atoms with Crippen molar-refractivity contribution >= 4 is 5.96 Å². The number of guanidine groups is 1. The lowest BCUT2D eigenvalue weighted by molar-refractivity contribution is 0.0322. The van der Waals surface area contributed by atoms with Gasteiger partial charge in [0.1, 0.15) is 12.4 Å². The number of aliphatic imine (C=N–C) groups is 1. The number of nitrogens with one attached hydrogen (secondary N) is 2. The maximum Gasteiger partial charge on any atom is 0.191 e. The van der Waals surface area contributed by atoms with Crippen molar-refractivity contribution in [1.29, 1.82) is 0 Å². The molecular formula is C18H30N4O2. The summed E-state index contributed by atoms with van der Waals surface area (Å²) >= 11 is 0. The normalized spacial score (nSPS) is 14.9. The van der Waals surface area contributed by atoms with Crippen LogP contribution < -0.4 is 15.4 Å². The zero-order valence-electron chi connectivity index (χ0n) is 14.9. The SMILES string of the molecule is CCNC(=NCc1ccccc1OCCN1CCOCC1)NCC. The van der Waals surface area contributed by atoms with E-state index in [0.717, 1.165) is 63.2 Å². The summed E-state index contributed by atoms with van der Waals surface area (Å²) in [4.78, 5) is 6.99. The molecule has 1 heterocycles. The molecule has 0 amide bonds. The Morgan fingerprint density at radius 3 is 2.58 bits per heavy atom. The van der Waals surface area contributed by atoms with E-state index in [4.69, 9.17) is 9.47 Å². The van der Waals surface area contributed by atoms with Gasteiger partial charge in [0.25, 0.3) is 0 Å². The number of hydrogen-bond acceptors (Lipinski definition) is 4. The maximum atomic E-state index is 6.00. The Morgan fingerprint density at radius 1 is 1.17 bits per heavy atom. The predicted octanol–water partition coefficient (Wildman–Crippen LogP) is 1.47. The Hall–Kier alpha value is -1.79. The van der Waals surface area contributed by atoms with Crippen LogP contribution in [0.1, 0.15) is 19.4 Å². The first kappa shape index (κ1) is 18.5. The number of ether oxygens (including phenoxy) is 2. The molecule has 0 aromatic heterocycles.